The molecule has 0 aliphatic carbocycles. The van der Waals surface area contributed by atoms with E-state index in [2.05, 4.69) is 20.0 Å². The van der Waals surface area contributed by atoms with Crippen molar-refractivity contribution in [2.45, 2.75) is 6.92 Å². The Labute approximate surface area is 91.5 Å². The fraction of sp³-hybridized carbons (Fsp3) is 0.333. The molecule has 0 amide bonds. The van der Waals surface area contributed by atoms with Gasteiger partial charge in [-0.25, -0.2) is 14.8 Å². The minimum Gasteiger partial charge on any atom is -0.480 e. The van der Waals surface area contributed by atoms with Gasteiger partial charge in [0.1, 0.15) is 12.4 Å². The summed E-state index contributed by atoms with van der Waals surface area (Å²) in [6.07, 6.45) is 0. The number of nitrogens with one attached hydrogen (secondary N) is 1. The number of nitrogens with zero attached hydrogens (tertiary/aromatic N) is 2. The summed E-state index contributed by atoms with van der Waals surface area (Å²) in [4.78, 5) is 29.2. The molecule has 0 aromatic carbocycles. The Hall–Kier alpha value is -2.18. The van der Waals surface area contributed by atoms with Gasteiger partial charge in [0.05, 0.1) is 7.11 Å². The Morgan fingerprint density at radius 3 is 2.75 bits per heavy atom. The van der Waals surface area contributed by atoms with Crippen molar-refractivity contribution in [3.63, 3.8) is 0 Å². The summed E-state index contributed by atoms with van der Waals surface area (Å²) < 4.78 is 4.46. The molecule has 0 atom stereocenters. The van der Waals surface area contributed by atoms with Gasteiger partial charge in [-0.1, -0.05) is 0 Å². The van der Waals surface area contributed by atoms with Crippen LogP contribution in [-0.4, -0.2) is 40.7 Å². The standard InChI is InChI=1S/C9H11N3O4/c1-5-3-6(10-4-7(13)14)12-8(11-5)9(15)16-2/h3H,4H2,1-2H3,(H,13,14)(H,10,11,12). The Balaban J connectivity index is 2.89. The molecule has 1 aromatic rings. The molecule has 1 rings (SSSR count). The number of rotatable bonds is 4. The summed E-state index contributed by atoms with van der Waals surface area (Å²) in [5.41, 5.74) is 0.545. The van der Waals surface area contributed by atoms with Crippen molar-refractivity contribution in [1.29, 1.82) is 0 Å². The predicted molar refractivity (Wildman–Crippen MR) is 54.2 cm³/mol. The van der Waals surface area contributed by atoms with Gasteiger partial charge in [0, 0.05) is 11.8 Å². The van der Waals surface area contributed by atoms with Crippen LogP contribution < -0.4 is 5.32 Å². The van der Waals surface area contributed by atoms with Gasteiger partial charge >= 0.3 is 11.9 Å². The first kappa shape index (κ1) is 11.9. The molecule has 0 fully saturated rings. The van der Waals surface area contributed by atoms with Gasteiger partial charge in [0.25, 0.3) is 0 Å². The van der Waals surface area contributed by atoms with Crippen molar-refractivity contribution in [2.24, 2.45) is 0 Å². The summed E-state index contributed by atoms with van der Waals surface area (Å²) in [5.74, 6) is -1.51. The molecular formula is C9H11N3O4. The lowest BCUT2D eigenvalue weighted by Crippen LogP contribution is -2.16. The van der Waals surface area contributed by atoms with Crippen molar-refractivity contribution < 1.29 is 19.4 Å². The van der Waals surface area contributed by atoms with Gasteiger partial charge < -0.3 is 15.2 Å². The highest BCUT2D eigenvalue weighted by molar-refractivity contribution is 5.85. The van der Waals surface area contributed by atoms with Crippen molar-refractivity contribution in [2.75, 3.05) is 19.0 Å². The lowest BCUT2D eigenvalue weighted by molar-refractivity contribution is -0.134. The molecule has 16 heavy (non-hydrogen) atoms. The zero-order valence-corrected chi connectivity index (χ0v) is 8.85. The maximum Gasteiger partial charge on any atom is 0.376 e. The fourth-order valence-electron chi connectivity index (χ4n) is 1.01. The largest absolute Gasteiger partial charge is 0.480 e. The van der Waals surface area contributed by atoms with Crippen molar-refractivity contribution in [3.8, 4) is 0 Å². The van der Waals surface area contributed by atoms with Gasteiger partial charge in [-0.15, -0.1) is 0 Å². The zero-order chi connectivity index (χ0) is 12.1. The average Bonchev–Trinajstić information content (AvgIpc) is 2.24. The second-order valence-corrected chi connectivity index (χ2v) is 2.96. The van der Waals surface area contributed by atoms with Crippen LogP contribution in [0.25, 0.3) is 0 Å². The van der Waals surface area contributed by atoms with Crippen molar-refractivity contribution in [3.05, 3.63) is 17.6 Å². The number of aryl methyl sites for hydroxylation is 1. The number of ether oxygens (including phenoxy) is 1. The normalized spacial score (nSPS) is 9.62. The Kier molecular flexibility index (Phi) is 3.76. The molecule has 0 spiro atoms. The smallest absolute Gasteiger partial charge is 0.376 e. The number of carboxylic acids is 1. The third-order valence-electron chi connectivity index (χ3n) is 1.64. The monoisotopic (exact) mass is 225 g/mol. The van der Waals surface area contributed by atoms with E-state index >= 15 is 0 Å². The Bertz CT molecular complexity index is 419. The molecule has 7 nitrogen and oxygen atoms in total. The first-order valence-corrected chi connectivity index (χ1v) is 4.42. The minimum absolute atomic E-state index is 0.101. The first-order chi connectivity index (χ1) is 7.52. The number of methoxy groups -OCH3 is 1. The van der Waals surface area contributed by atoms with E-state index in [4.69, 9.17) is 5.11 Å². The molecule has 0 radical (unpaired) electrons. The van der Waals surface area contributed by atoms with Crippen LogP contribution in [0.5, 0.6) is 0 Å². The van der Waals surface area contributed by atoms with Gasteiger partial charge in [-0.2, -0.15) is 0 Å². The number of esters is 1. The Morgan fingerprint density at radius 1 is 1.50 bits per heavy atom. The minimum atomic E-state index is -1.02. The molecule has 0 aliphatic rings. The topological polar surface area (TPSA) is 101 Å². The van der Waals surface area contributed by atoms with E-state index in [-0.39, 0.29) is 18.2 Å². The summed E-state index contributed by atoms with van der Waals surface area (Å²) in [6.45, 7) is 1.39. The average molecular weight is 225 g/mol. The van der Waals surface area contributed by atoms with Crippen LogP contribution in [-0.2, 0) is 9.53 Å². The van der Waals surface area contributed by atoms with Gasteiger partial charge in [-0.05, 0) is 6.92 Å². The molecule has 1 aromatic heterocycles. The van der Waals surface area contributed by atoms with Gasteiger partial charge in [0.15, 0.2) is 0 Å². The van der Waals surface area contributed by atoms with E-state index in [1.807, 2.05) is 0 Å². The lowest BCUT2D eigenvalue weighted by atomic mass is 10.4. The number of carboxylic acid groups (broad SMARTS) is 1. The number of aliphatic carboxylic acids is 1. The zero-order valence-electron chi connectivity index (χ0n) is 8.85. The molecule has 2 N–H and O–H groups in total. The molecule has 0 unspecified atom stereocenters. The number of aromatic nitrogens is 2. The van der Waals surface area contributed by atoms with Crippen LogP contribution in [0.1, 0.15) is 16.3 Å². The molecule has 0 bridgehead atoms. The molecule has 86 valence electrons. The predicted octanol–water partition coefficient (Wildman–Crippen LogP) is 0.0681. The van der Waals surface area contributed by atoms with Crippen LogP contribution >= 0.6 is 0 Å². The SMILES string of the molecule is COC(=O)c1nc(C)cc(NCC(=O)O)n1. The third-order valence-corrected chi connectivity index (χ3v) is 1.64. The van der Waals surface area contributed by atoms with E-state index in [1.54, 1.807) is 6.92 Å². The first-order valence-electron chi connectivity index (χ1n) is 4.42. The lowest BCUT2D eigenvalue weighted by Gasteiger charge is -2.05. The number of anilines is 1. The van der Waals surface area contributed by atoms with Crippen LogP contribution in [0.4, 0.5) is 5.82 Å². The van der Waals surface area contributed by atoms with E-state index < -0.39 is 11.9 Å². The fourth-order valence-corrected chi connectivity index (χ4v) is 1.01. The van der Waals surface area contributed by atoms with E-state index in [0.717, 1.165) is 0 Å². The summed E-state index contributed by atoms with van der Waals surface area (Å²) in [7, 11) is 1.22. The molecule has 0 saturated heterocycles. The molecule has 0 aliphatic heterocycles. The maximum atomic E-state index is 11.2. The van der Waals surface area contributed by atoms with Crippen LogP contribution in [0.2, 0.25) is 0 Å². The number of carbonyl (C=O) groups excluding carboxylic acids is 1. The molecular weight excluding hydrogens is 214 g/mol. The third kappa shape index (κ3) is 3.19. The van der Waals surface area contributed by atoms with Crippen LogP contribution in [0.3, 0.4) is 0 Å². The van der Waals surface area contributed by atoms with E-state index in [1.165, 1.54) is 13.2 Å². The number of hydrogen-bond donors (Lipinski definition) is 2. The summed E-state index contributed by atoms with van der Waals surface area (Å²) in [5, 5.41) is 11.0. The highest BCUT2D eigenvalue weighted by atomic mass is 16.5. The van der Waals surface area contributed by atoms with E-state index in [9.17, 15) is 9.59 Å². The maximum absolute atomic E-state index is 11.2. The number of hydrogen-bond acceptors (Lipinski definition) is 6. The van der Waals surface area contributed by atoms with E-state index in [0.29, 0.717) is 5.69 Å². The molecule has 1 heterocycles. The second-order valence-electron chi connectivity index (χ2n) is 2.96. The highest BCUT2D eigenvalue weighted by Crippen LogP contribution is 2.06. The highest BCUT2D eigenvalue weighted by Gasteiger charge is 2.11. The van der Waals surface area contributed by atoms with Crippen molar-refractivity contribution >= 4 is 17.8 Å². The number of carbonyl (C=O) groups is 2. The molecule has 0 saturated carbocycles. The second kappa shape index (κ2) is 5.06. The summed E-state index contributed by atoms with van der Waals surface area (Å²) >= 11 is 0. The Morgan fingerprint density at radius 2 is 2.19 bits per heavy atom. The van der Waals surface area contributed by atoms with Crippen molar-refractivity contribution in [1.82, 2.24) is 9.97 Å². The van der Waals surface area contributed by atoms with Gasteiger partial charge in [0.2, 0.25) is 5.82 Å². The summed E-state index contributed by atoms with van der Waals surface area (Å²) in [6, 6.07) is 1.54. The quantitative estimate of drug-likeness (QED) is 0.699. The van der Waals surface area contributed by atoms with Gasteiger partial charge in [-0.3, -0.25) is 4.79 Å². The molecule has 7 heteroatoms. The van der Waals surface area contributed by atoms with Crippen LogP contribution in [0, 0.1) is 6.92 Å². The van der Waals surface area contributed by atoms with Crippen LogP contribution in [0.15, 0.2) is 6.07 Å².